The Morgan fingerprint density at radius 3 is 2.15 bits per heavy atom. The first-order chi connectivity index (χ1) is 12.6. The molecule has 3 heteroatoms. The summed E-state index contributed by atoms with van der Waals surface area (Å²) in [4.78, 5) is 5.55. The quantitative estimate of drug-likeness (QED) is 0.503. The molecular formula is C23H28ClNO. The Labute approximate surface area is 162 Å². The Morgan fingerprint density at radius 2 is 1.54 bits per heavy atom. The standard InChI is InChI=1S/C19H16ClNO.2C2H6/c1-12-8-9-15(11-18(12)20)22-21-19-10-13(2)14(3)16-6-4-5-7-17(16)19;2*1-2/h4-11H,3H2,1-2H3;2*1-2H3/b21-19+;;. The van der Waals surface area contributed by atoms with Crippen LogP contribution in [0.25, 0.3) is 5.57 Å². The van der Waals surface area contributed by atoms with Gasteiger partial charge in [-0.25, -0.2) is 0 Å². The van der Waals surface area contributed by atoms with Gasteiger partial charge in [-0.1, -0.05) is 81.4 Å². The topological polar surface area (TPSA) is 21.6 Å². The molecule has 0 saturated heterocycles. The van der Waals surface area contributed by atoms with Crippen molar-refractivity contribution in [2.24, 2.45) is 5.16 Å². The molecule has 0 atom stereocenters. The lowest BCUT2D eigenvalue weighted by Crippen LogP contribution is -2.09. The van der Waals surface area contributed by atoms with E-state index in [0.717, 1.165) is 33.5 Å². The van der Waals surface area contributed by atoms with Gasteiger partial charge < -0.3 is 4.84 Å². The van der Waals surface area contributed by atoms with Crippen molar-refractivity contribution in [3.8, 4) is 5.75 Å². The molecule has 0 heterocycles. The van der Waals surface area contributed by atoms with Gasteiger partial charge in [0.15, 0.2) is 5.75 Å². The fraction of sp³-hybridized carbons (Fsp3) is 0.261. The number of halogens is 1. The number of fused-ring (bicyclic) bond motifs is 1. The van der Waals surface area contributed by atoms with E-state index in [1.54, 1.807) is 6.07 Å². The van der Waals surface area contributed by atoms with Gasteiger partial charge in [0.1, 0.15) is 5.71 Å². The summed E-state index contributed by atoms with van der Waals surface area (Å²) in [5.74, 6) is 0.621. The minimum Gasteiger partial charge on any atom is -0.356 e. The van der Waals surface area contributed by atoms with Crippen molar-refractivity contribution in [1.29, 1.82) is 0 Å². The minimum absolute atomic E-state index is 0.621. The minimum atomic E-state index is 0.621. The Bertz CT molecular complexity index is 819. The number of hydrogen-bond acceptors (Lipinski definition) is 2. The number of allylic oxidation sites excluding steroid dienone is 3. The smallest absolute Gasteiger partial charge is 0.159 e. The summed E-state index contributed by atoms with van der Waals surface area (Å²) in [6.07, 6.45) is 1.99. The molecule has 1 aliphatic carbocycles. The average molecular weight is 370 g/mol. The van der Waals surface area contributed by atoms with Crippen LogP contribution in [0.3, 0.4) is 0 Å². The van der Waals surface area contributed by atoms with E-state index in [1.807, 2.05) is 84.0 Å². The van der Waals surface area contributed by atoms with E-state index >= 15 is 0 Å². The Balaban J connectivity index is 0.000000791. The van der Waals surface area contributed by atoms with Gasteiger partial charge in [-0.2, -0.15) is 0 Å². The van der Waals surface area contributed by atoms with Crippen LogP contribution in [0.1, 0.15) is 51.3 Å². The first-order valence-electron chi connectivity index (χ1n) is 9.05. The summed E-state index contributed by atoms with van der Waals surface area (Å²) >= 11 is 6.11. The molecule has 0 unspecified atom stereocenters. The van der Waals surface area contributed by atoms with Crippen molar-refractivity contribution in [2.75, 3.05) is 0 Å². The third-order valence-electron chi connectivity index (χ3n) is 3.75. The number of nitrogens with zero attached hydrogens (tertiary/aromatic N) is 1. The van der Waals surface area contributed by atoms with Gasteiger partial charge in [-0.15, -0.1) is 0 Å². The van der Waals surface area contributed by atoms with E-state index in [2.05, 4.69) is 11.7 Å². The first kappa shape index (κ1) is 21.7. The van der Waals surface area contributed by atoms with Gasteiger partial charge in [-0.05, 0) is 48.3 Å². The molecule has 2 aromatic rings. The molecule has 0 aromatic heterocycles. The highest BCUT2D eigenvalue weighted by Crippen LogP contribution is 2.30. The lowest BCUT2D eigenvalue weighted by atomic mass is 9.87. The van der Waals surface area contributed by atoms with Crippen molar-refractivity contribution >= 4 is 22.9 Å². The molecule has 0 fully saturated rings. The number of aryl methyl sites for hydroxylation is 1. The predicted molar refractivity (Wildman–Crippen MR) is 115 cm³/mol. The number of oxime groups is 1. The van der Waals surface area contributed by atoms with E-state index in [9.17, 15) is 0 Å². The molecule has 26 heavy (non-hydrogen) atoms. The molecule has 0 saturated carbocycles. The third-order valence-corrected chi connectivity index (χ3v) is 4.16. The predicted octanol–water partition coefficient (Wildman–Crippen LogP) is 7.46. The zero-order valence-electron chi connectivity index (χ0n) is 16.6. The van der Waals surface area contributed by atoms with Crippen molar-refractivity contribution in [3.63, 3.8) is 0 Å². The van der Waals surface area contributed by atoms with Gasteiger partial charge in [0.25, 0.3) is 0 Å². The maximum atomic E-state index is 6.11. The van der Waals surface area contributed by atoms with Gasteiger partial charge in [0.05, 0.1) is 0 Å². The van der Waals surface area contributed by atoms with Crippen LogP contribution in [0, 0.1) is 6.92 Å². The van der Waals surface area contributed by atoms with Crippen LogP contribution in [-0.2, 0) is 0 Å². The molecule has 3 rings (SSSR count). The molecular weight excluding hydrogens is 342 g/mol. The highest BCUT2D eigenvalue weighted by Gasteiger charge is 2.17. The number of benzene rings is 2. The van der Waals surface area contributed by atoms with Crippen LogP contribution >= 0.6 is 11.6 Å². The molecule has 0 N–H and O–H groups in total. The number of hydrogen-bond donors (Lipinski definition) is 0. The van der Waals surface area contributed by atoms with Gasteiger partial charge >= 0.3 is 0 Å². The van der Waals surface area contributed by atoms with Gasteiger partial charge in [0.2, 0.25) is 0 Å². The largest absolute Gasteiger partial charge is 0.356 e. The molecule has 2 aromatic carbocycles. The summed E-state index contributed by atoms with van der Waals surface area (Å²) in [6.45, 7) is 16.1. The van der Waals surface area contributed by atoms with E-state index in [0.29, 0.717) is 10.8 Å². The second kappa shape index (κ2) is 10.6. The van der Waals surface area contributed by atoms with Crippen LogP contribution in [0.15, 0.2) is 65.8 Å². The zero-order chi connectivity index (χ0) is 19.7. The van der Waals surface area contributed by atoms with E-state index < -0.39 is 0 Å². The Hall–Kier alpha value is -2.32. The molecule has 0 radical (unpaired) electrons. The number of rotatable bonds is 2. The molecule has 0 spiro atoms. The highest BCUT2D eigenvalue weighted by atomic mass is 35.5. The summed E-state index contributed by atoms with van der Waals surface area (Å²) in [5, 5.41) is 4.96. The van der Waals surface area contributed by atoms with Crippen molar-refractivity contribution in [3.05, 3.63) is 82.4 Å². The molecule has 2 nitrogen and oxygen atoms in total. The van der Waals surface area contributed by atoms with Crippen LogP contribution in [0.5, 0.6) is 5.75 Å². The second-order valence-corrected chi connectivity index (χ2v) is 5.74. The van der Waals surface area contributed by atoms with Gasteiger partial charge in [-0.3, -0.25) is 0 Å². The van der Waals surface area contributed by atoms with Crippen molar-refractivity contribution < 1.29 is 4.84 Å². The normalized spacial score (nSPS) is 13.6. The SMILES string of the molecule is C=C1C(C)=C/C(=N\Oc2ccc(C)c(Cl)c2)c2ccccc21.CC.CC. The van der Waals surface area contributed by atoms with Crippen molar-refractivity contribution in [1.82, 2.24) is 0 Å². The summed E-state index contributed by atoms with van der Waals surface area (Å²) in [5.41, 5.74) is 6.02. The molecule has 138 valence electrons. The Morgan fingerprint density at radius 1 is 0.923 bits per heavy atom. The molecule has 0 bridgehead atoms. The highest BCUT2D eigenvalue weighted by molar-refractivity contribution is 6.31. The fourth-order valence-corrected chi connectivity index (χ4v) is 2.53. The Kier molecular flexibility index (Phi) is 8.87. The summed E-state index contributed by atoms with van der Waals surface area (Å²) in [6, 6.07) is 13.6. The first-order valence-corrected chi connectivity index (χ1v) is 9.42. The third kappa shape index (κ3) is 5.09. The van der Waals surface area contributed by atoms with E-state index in [-0.39, 0.29) is 0 Å². The van der Waals surface area contributed by atoms with E-state index in [1.165, 1.54) is 0 Å². The maximum Gasteiger partial charge on any atom is 0.159 e. The monoisotopic (exact) mass is 369 g/mol. The van der Waals surface area contributed by atoms with Crippen LogP contribution in [0.2, 0.25) is 5.02 Å². The van der Waals surface area contributed by atoms with Crippen LogP contribution in [0.4, 0.5) is 0 Å². The summed E-state index contributed by atoms with van der Waals surface area (Å²) < 4.78 is 0. The fourth-order valence-electron chi connectivity index (χ4n) is 2.36. The van der Waals surface area contributed by atoms with Crippen LogP contribution < -0.4 is 4.84 Å². The lowest BCUT2D eigenvalue weighted by Gasteiger charge is -2.18. The van der Waals surface area contributed by atoms with Crippen molar-refractivity contribution in [2.45, 2.75) is 41.5 Å². The average Bonchev–Trinajstić information content (AvgIpc) is 2.69. The second-order valence-electron chi connectivity index (χ2n) is 5.33. The zero-order valence-corrected chi connectivity index (χ0v) is 17.3. The molecule has 0 amide bonds. The maximum absolute atomic E-state index is 6.11. The van der Waals surface area contributed by atoms with Gasteiger partial charge in [0, 0.05) is 16.7 Å². The summed E-state index contributed by atoms with van der Waals surface area (Å²) in [7, 11) is 0. The van der Waals surface area contributed by atoms with Crippen LogP contribution in [-0.4, -0.2) is 5.71 Å². The van der Waals surface area contributed by atoms with E-state index in [4.69, 9.17) is 16.4 Å². The molecule has 1 aliphatic rings. The lowest BCUT2D eigenvalue weighted by molar-refractivity contribution is 0.342. The molecule has 0 aliphatic heterocycles.